The number of amides is 1. The van der Waals surface area contributed by atoms with Crippen LogP contribution in [0.25, 0.3) is 6.08 Å². The van der Waals surface area contributed by atoms with Crippen molar-refractivity contribution in [2.45, 2.75) is 0 Å². The van der Waals surface area contributed by atoms with Crippen molar-refractivity contribution in [3.05, 3.63) is 31.5 Å². The summed E-state index contributed by atoms with van der Waals surface area (Å²) in [5.74, 6) is 0.530. The number of hydrogen-bond donors (Lipinski definition) is 0. The third-order valence-corrected chi connectivity index (χ3v) is 5.64. The molecule has 2 heterocycles. The van der Waals surface area contributed by atoms with Gasteiger partial charge in [0.05, 0.1) is 34.2 Å². The van der Waals surface area contributed by atoms with Gasteiger partial charge in [-0.1, -0.05) is 0 Å². The van der Waals surface area contributed by atoms with Crippen molar-refractivity contribution in [2.75, 3.05) is 33.4 Å². The molecule has 122 valence electrons. The van der Waals surface area contributed by atoms with Crippen LogP contribution in [0.1, 0.15) is 5.56 Å². The Hall–Kier alpha value is -0.830. The molecular formula is C15H14Br2N2O3S. The molecule has 0 N–H and O–H groups in total. The molecule has 1 amide bonds. The standard InChI is InChI=1S/C15H14Br2N2O3S/c1-21-13-10(16)6-9(7-11(13)17)8-12-14(20)18-15(23-12)19-2-4-22-5-3-19/h6-8H,2-5H2,1H3. The molecule has 23 heavy (non-hydrogen) atoms. The number of thioether (sulfide) groups is 1. The molecule has 1 fully saturated rings. The number of amidine groups is 1. The van der Waals surface area contributed by atoms with Crippen LogP contribution in [0.5, 0.6) is 5.75 Å². The molecule has 1 aromatic rings. The zero-order valence-corrected chi connectivity index (χ0v) is 16.3. The molecule has 0 aromatic heterocycles. The van der Waals surface area contributed by atoms with Crippen LogP contribution in [0, 0.1) is 0 Å². The van der Waals surface area contributed by atoms with Crippen LogP contribution in [0.3, 0.4) is 0 Å². The predicted molar refractivity (Wildman–Crippen MR) is 98.8 cm³/mol. The molecule has 2 aliphatic heterocycles. The molecule has 0 unspecified atom stereocenters. The van der Waals surface area contributed by atoms with E-state index in [4.69, 9.17) is 9.47 Å². The molecule has 1 saturated heterocycles. The second kappa shape index (κ2) is 7.38. The van der Waals surface area contributed by atoms with E-state index in [0.717, 1.165) is 38.5 Å². The first-order chi connectivity index (χ1) is 11.1. The van der Waals surface area contributed by atoms with Gasteiger partial charge in [-0.05, 0) is 67.4 Å². The van der Waals surface area contributed by atoms with Crippen molar-refractivity contribution in [2.24, 2.45) is 4.99 Å². The van der Waals surface area contributed by atoms with Gasteiger partial charge in [0.25, 0.3) is 5.91 Å². The summed E-state index contributed by atoms with van der Waals surface area (Å²) in [5, 5.41) is 0.760. The van der Waals surface area contributed by atoms with Gasteiger partial charge < -0.3 is 14.4 Å². The fourth-order valence-electron chi connectivity index (χ4n) is 2.30. The molecule has 1 aromatic carbocycles. The highest BCUT2D eigenvalue weighted by Crippen LogP contribution is 2.36. The van der Waals surface area contributed by atoms with Gasteiger partial charge in [-0.3, -0.25) is 4.79 Å². The Morgan fingerprint density at radius 3 is 2.57 bits per heavy atom. The Kier molecular flexibility index (Phi) is 5.45. The van der Waals surface area contributed by atoms with Crippen molar-refractivity contribution in [1.29, 1.82) is 0 Å². The average Bonchev–Trinajstić information content (AvgIpc) is 2.89. The van der Waals surface area contributed by atoms with Crippen LogP contribution in [0.4, 0.5) is 0 Å². The molecule has 0 radical (unpaired) electrons. The minimum atomic E-state index is -0.195. The number of carbonyl (C=O) groups excluding carboxylic acids is 1. The maximum atomic E-state index is 12.1. The van der Waals surface area contributed by atoms with Crippen molar-refractivity contribution in [1.82, 2.24) is 4.90 Å². The van der Waals surface area contributed by atoms with E-state index in [1.165, 1.54) is 11.8 Å². The average molecular weight is 462 g/mol. The second-order valence-corrected chi connectivity index (χ2v) is 7.65. The summed E-state index contributed by atoms with van der Waals surface area (Å²) in [7, 11) is 1.61. The van der Waals surface area contributed by atoms with E-state index < -0.39 is 0 Å². The molecule has 2 aliphatic rings. The molecular weight excluding hydrogens is 448 g/mol. The van der Waals surface area contributed by atoms with E-state index >= 15 is 0 Å². The number of morpholine rings is 1. The van der Waals surface area contributed by atoms with E-state index in [0.29, 0.717) is 18.1 Å². The van der Waals surface area contributed by atoms with Crippen molar-refractivity contribution in [3.63, 3.8) is 0 Å². The van der Waals surface area contributed by atoms with Crippen LogP contribution in [0.15, 0.2) is 31.0 Å². The van der Waals surface area contributed by atoms with E-state index in [1.54, 1.807) is 7.11 Å². The highest BCUT2D eigenvalue weighted by molar-refractivity contribution is 9.11. The minimum Gasteiger partial charge on any atom is -0.494 e. The second-order valence-electron chi connectivity index (χ2n) is 4.93. The summed E-state index contributed by atoms with van der Waals surface area (Å²) in [6.07, 6.45) is 1.85. The Bertz CT molecular complexity index is 677. The monoisotopic (exact) mass is 460 g/mol. The van der Waals surface area contributed by atoms with Gasteiger partial charge in [-0.15, -0.1) is 0 Å². The summed E-state index contributed by atoms with van der Waals surface area (Å²) < 4.78 is 12.3. The SMILES string of the molecule is COc1c(Br)cc(C=C2SC(N3CCOCC3)=NC2=O)cc1Br. The fraction of sp³-hybridized carbons (Fsp3) is 0.333. The van der Waals surface area contributed by atoms with Crippen molar-refractivity contribution < 1.29 is 14.3 Å². The Morgan fingerprint density at radius 2 is 1.96 bits per heavy atom. The van der Waals surface area contributed by atoms with Gasteiger partial charge in [-0.2, -0.15) is 4.99 Å². The van der Waals surface area contributed by atoms with Gasteiger partial charge in [0.2, 0.25) is 0 Å². The number of rotatable bonds is 2. The fourth-order valence-corrected chi connectivity index (χ4v) is 4.81. The van der Waals surface area contributed by atoms with Crippen LogP contribution < -0.4 is 4.74 Å². The first-order valence-corrected chi connectivity index (χ1v) is 9.37. The lowest BCUT2D eigenvalue weighted by molar-refractivity contribution is -0.113. The highest BCUT2D eigenvalue weighted by atomic mass is 79.9. The number of ether oxygens (including phenoxy) is 2. The topological polar surface area (TPSA) is 51.1 Å². The molecule has 0 saturated carbocycles. The molecule has 0 bridgehead atoms. The molecule has 5 nitrogen and oxygen atoms in total. The first-order valence-electron chi connectivity index (χ1n) is 6.97. The zero-order valence-electron chi connectivity index (χ0n) is 12.3. The number of hydrogen-bond acceptors (Lipinski definition) is 5. The van der Waals surface area contributed by atoms with Crippen LogP contribution in [0.2, 0.25) is 0 Å². The number of nitrogens with zero attached hydrogens (tertiary/aromatic N) is 2. The molecule has 8 heteroatoms. The molecule has 0 spiro atoms. The number of halogens is 2. The summed E-state index contributed by atoms with van der Waals surface area (Å²) in [4.78, 5) is 19.0. The number of methoxy groups -OCH3 is 1. The number of aliphatic imine (C=N–C) groups is 1. The van der Waals surface area contributed by atoms with Gasteiger partial charge in [-0.25, -0.2) is 0 Å². The molecule has 0 aliphatic carbocycles. The van der Waals surface area contributed by atoms with Crippen LogP contribution in [-0.4, -0.2) is 49.4 Å². The van der Waals surface area contributed by atoms with E-state index in [-0.39, 0.29) is 5.91 Å². The van der Waals surface area contributed by atoms with E-state index in [9.17, 15) is 4.79 Å². The van der Waals surface area contributed by atoms with Crippen LogP contribution in [-0.2, 0) is 9.53 Å². The summed E-state index contributed by atoms with van der Waals surface area (Å²) in [6, 6.07) is 3.83. The van der Waals surface area contributed by atoms with Gasteiger partial charge in [0.1, 0.15) is 5.75 Å². The van der Waals surface area contributed by atoms with Crippen LogP contribution >= 0.6 is 43.6 Å². The van der Waals surface area contributed by atoms with Crippen molar-refractivity contribution >= 4 is 60.8 Å². The summed E-state index contributed by atoms with van der Waals surface area (Å²) in [5.41, 5.74) is 0.902. The Balaban J connectivity index is 1.80. The smallest absolute Gasteiger partial charge is 0.286 e. The lowest BCUT2D eigenvalue weighted by atomic mass is 10.2. The largest absolute Gasteiger partial charge is 0.494 e. The zero-order chi connectivity index (χ0) is 16.4. The minimum absolute atomic E-state index is 0.195. The van der Waals surface area contributed by atoms with Gasteiger partial charge >= 0.3 is 0 Å². The summed E-state index contributed by atoms with van der Waals surface area (Å²) in [6.45, 7) is 2.88. The predicted octanol–water partition coefficient (Wildman–Crippen LogP) is 3.52. The Labute approximate surface area is 155 Å². The third kappa shape index (κ3) is 3.81. The lowest BCUT2D eigenvalue weighted by Gasteiger charge is -2.27. The lowest BCUT2D eigenvalue weighted by Crippen LogP contribution is -2.38. The molecule has 3 rings (SSSR count). The number of carbonyl (C=O) groups is 1. The normalized spacial score (nSPS) is 20.1. The molecule has 0 atom stereocenters. The highest BCUT2D eigenvalue weighted by Gasteiger charge is 2.27. The quantitative estimate of drug-likeness (QED) is 0.630. The maximum Gasteiger partial charge on any atom is 0.286 e. The number of benzene rings is 1. The van der Waals surface area contributed by atoms with Gasteiger partial charge in [0, 0.05) is 13.1 Å². The van der Waals surface area contributed by atoms with Crippen molar-refractivity contribution in [3.8, 4) is 5.75 Å². The Morgan fingerprint density at radius 1 is 1.30 bits per heavy atom. The van der Waals surface area contributed by atoms with E-state index in [1.807, 2.05) is 18.2 Å². The first kappa shape index (κ1) is 17.0. The third-order valence-electron chi connectivity index (χ3n) is 3.41. The summed E-state index contributed by atoms with van der Waals surface area (Å²) >= 11 is 8.35. The van der Waals surface area contributed by atoms with Gasteiger partial charge in [0.15, 0.2) is 5.17 Å². The maximum absolute atomic E-state index is 12.1. The van der Waals surface area contributed by atoms with E-state index in [2.05, 4.69) is 41.8 Å².